The first-order chi connectivity index (χ1) is 13.3. The van der Waals surface area contributed by atoms with Gasteiger partial charge in [-0.05, 0) is 51.0 Å². The van der Waals surface area contributed by atoms with Crippen molar-refractivity contribution in [1.82, 2.24) is 4.57 Å². The van der Waals surface area contributed by atoms with Gasteiger partial charge in [0.2, 0.25) is 0 Å². The van der Waals surface area contributed by atoms with Gasteiger partial charge in [0.25, 0.3) is 5.91 Å². The highest BCUT2D eigenvalue weighted by Gasteiger charge is 2.21. The Bertz CT molecular complexity index is 1090. The molecular formula is C21H22N2O5. The molecule has 2 aromatic carbocycles. The molecule has 3 rings (SSSR count). The zero-order valence-electron chi connectivity index (χ0n) is 16.2. The number of hydrogen-bond donors (Lipinski definition) is 1. The van der Waals surface area contributed by atoms with E-state index in [4.69, 9.17) is 9.15 Å². The Morgan fingerprint density at radius 3 is 2.46 bits per heavy atom. The molecule has 0 radical (unpaired) electrons. The lowest BCUT2D eigenvalue weighted by atomic mass is 10.0. The number of amides is 1. The Morgan fingerprint density at radius 2 is 1.79 bits per heavy atom. The molecule has 0 aliphatic carbocycles. The lowest BCUT2D eigenvalue weighted by molar-refractivity contribution is -0.153. The van der Waals surface area contributed by atoms with Gasteiger partial charge in [0.05, 0.1) is 5.52 Å². The fourth-order valence-electron chi connectivity index (χ4n) is 3.18. The fourth-order valence-corrected chi connectivity index (χ4v) is 3.18. The number of para-hydroxylation sites is 2. The minimum atomic E-state index is -1.01. The monoisotopic (exact) mass is 382 g/mol. The van der Waals surface area contributed by atoms with Gasteiger partial charge in [0.15, 0.2) is 11.7 Å². The van der Waals surface area contributed by atoms with Crippen molar-refractivity contribution in [2.24, 2.45) is 0 Å². The van der Waals surface area contributed by atoms with Gasteiger partial charge in [0.1, 0.15) is 6.54 Å². The van der Waals surface area contributed by atoms with E-state index < -0.39 is 23.7 Å². The van der Waals surface area contributed by atoms with Gasteiger partial charge in [-0.15, -0.1) is 0 Å². The molecule has 0 aliphatic heterocycles. The normalized spacial score (nSPS) is 12.0. The number of carbonyl (C=O) groups is 2. The van der Waals surface area contributed by atoms with E-state index in [-0.39, 0.29) is 6.54 Å². The highest BCUT2D eigenvalue weighted by Crippen LogP contribution is 2.22. The van der Waals surface area contributed by atoms with E-state index in [0.29, 0.717) is 16.8 Å². The maximum Gasteiger partial charge on any atom is 0.420 e. The smallest absolute Gasteiger partial charge is 0.420 e. The molecule has 3 aromatic rings. The maximum absolute atomic E-state index is 12.4. The first-order valence-corrected chi connectivity index (χ1v) is 8.93. The number of oxazole rings is 1. The van der Waals surface area contributed by atoms with Crippen LogP contribution in [0.3, 0.4) is 0 Å². The number of anilines is 1. The second kappa shape index (κ2) is 7.72. The third-order valence-corrected chi connectivity index (χ3v) is 4.46. The minimum Gasteiger partial charge on any atom is -0.451 e. The standard InChI is InChI=1S/C21H22N2O5/c1-12-9-13(2)19(14(3)10-12)22-20(25)15(4)27-18(24)11-23-16-7-5-6-8-17(16)28-21(23)26/h5-10,15H,11H2,1-4H3,(H,22,25)/t15-/m0/s1. The minimum absolute atomic E-state index is 0.337. The number of aromatic nitrogens is 1. The summed E-state index contributed by atoms with van der Waals surface area (Å²) in [5.41, 5.74) is 4.55. The van der Waals surface area contributed by atoms with Gasteiger partial charge < -0.3 is 14.5 Å². The van der Waals surface area contributed by atoms with E-state index in [1.54, 1.807) is 24.3 Å². The first kappa shape index (κ1) is 19.4. The third kappa shape index (κ3) is 3.98. The number of hydrogen-bond acceptors (Lipinski definition) is 5. The summed E-state index contributed by atoms with van der Waals surface area (Å²) in [5.74, 6) is -1.79. The zero-order valence-corrected chi connectivity index (χ0v) is 16.2. The van der Waals surface area contributed by atoms with E-state index >= 15 is 0 Å². The summed E-state index contributed by atoms with van der Waals surface area (Å²) >= 11 is 0. The molecule has 0 spiro atoms. The van der Waals surface area contributed by atoms with Gasteiger partial charge in [-0.2, -0.15) is 0 Å². The molecule has 1 heterocycles. The van der Waals surface area contributed by atoms with E-state index in [9.17, 15) is 14.4 Å². The van der Waals surface area contributed by atoms with Crippen LogP contribution in [0.25, 0.3) is 11.1 Å². The zero-order chi connectivity index (χ0) is 20.4. The van der Waals surface area contributed by atoms with Crippen molar-refractivity contribution >= 4 is 28.7 Å². The summed E-state index contributed by atoms with van der Waals surface area (Å²) in [5, 5.41) is 2.81. The number of fused-ring (bicyclic) bond motifs is 1. The van der Waals surface area contributed by atoms with Crippen LogP contribution >= 0.6 is 0 Å². The van der Waals surface area contributed by atoms with Gasteiger partial charge in [0, 0.05) is 5.69 Å². The molecule has 0 bridgehead atoms. The van der Waals surface area contributed by atoms with Gasteiger partial charge in [-0.1, -0.05) is 29.8 Å². The Morgan fingerprint density at radius 1 is 1.14 bits per heavy atom. The van der Waals surface area contributed by atoms with Gasteiger partial charge in [-0.25, -0.2) is 4.79 Å². The Hall–Kier alpha value is -3.35. The van der Waals surface area contributed by atoms with Crippen molar-refractivity contribution in [3.63, 3.8) is 0 Å². The molecule has 1 N–H and O–H groups in total. The Labute approximate surface area is 161 Å². The van der Waals surface area contributed by atoms with Crippen LogP contribution in [0, 0.1) is 20.8 Å². The van der Waals surface area contributed by atoms with E-state index in [1.165, 1.54) is 11.5 Å². The van der Waals surface area contributed by atoms with E-state index in [2.05, 4.69) is 5.32 Å². The fraction of sp³-hybridized carbons (Fsp3) is 0.286. The number of benzene rings is 2. The van der Waals surface area contributed by atoms with Crippen molar-refractivity contribution in [3.05, 3.63) is 63.6 Å². The number of aryl methyl sites for hydroxylation is 3. The number of nitrogens with zero attached hydrogens (tertiary/aromatic N) is 1. The molecule has 0 aliphatic rings. The van der Waals surface area contributed by atoms with E-state index in [1.807, 2.05) is 32.9 Å². The van der Waals surface area contributed by atoms with Crippen molar-refractivity contribution in [2.45, 2.75) is 40.3 Å². The molecule has 0 fully saturated rings. The lowest BCUT2D eigenvalue weighted by Crippen LogP contribution is -2.32. The Balaban J connectivity index is 1.68. The number of carbonyl (C=O) groups excluding carboxylic acids is 2. The van der Waals surface area contributed by atoms with Crippen LogP contribution in [-0.2, 0) is 20.9 Å². The summed E-state index contributed by atoms with van der Waals surface area (Å²) in [4.78, 5) is 36.6. The summed E-state index contributed by atoms with van der Waals surface area (Å²) in [6, 6.07) is 10.7. The molecule has 28 heavy (non-hydrogen) atoms. The van der Waals surface area contributed by atoms with Crippen molar-refractivity contribution in [2.75, 3.05) is 5.32 Å². The summed E-state index contributed by atoms with van der Waals surface area (Å²) < 4.78 is 11.5. The number of rotatable bonds is 5. The SMILES string of the molecule is Cc1cc(C)c(NC(=O)[C@H](C)OC(=O)Cn2c(=O)oc3ccccc32)c(C)c1. The third-order valence-electron chi connectivity index (χ3n) is 4.46. The van der Waals surface area contributed by atoms with Gasteiger partial charge >= 0.3 is 11.7 Å². The predicted molar refractivity (Wildman–Crippen MR) is 105 cm³/mol. The maximum atomic E-state index is 12.4. The molecule has 1 aromatic heterocycles. The highest BCUT2D eigenvalue weighted by atomic mass is 16.5. The largest absolute Gasteiger partial charge is 0.451 e. The Kier molecular flexibility index (Phi) is 5.35. The predicted octanol–water partition coefficient (Wildman–Crippen LogP) is 3.09. The second-order valence-corrected chi connectivity index (χ2v) is 6.82. The van der Waals surface area contributed by atoms with Crippen LogP contribution in [0.2, 0.25) is 0 Å². The van der Waals surface area contributed by atoms with Crippen LogP contribution < -0.4 is 11.1 Å². The summed E-state index contributed by atoms with van der Waals surface area (Å²) in [6.45, 7) is 6.95. The first-order valence-electron chi connectivity index (χ1n) is 8.93. The second-order valence-electron chi connectivity index (χ2n) is 6.82. The molecule has 0 saturated heterocycles. The van der Waals surface area contributed by atoms with Crippen LogP contribution in [0.4, 0.5) is 5.69 Å². The quantitative estimate of drug-likeness (QED) is 0.685. The van der Waals surface area contributed by atoms with Gasteiger partial charge in [-0.3, -0.25) is 14.2 Å². The number of nitrogens with one attached hydrogen (secondary N) is 1. The average molecular weight is 382 g/mol. The molecule has 7 heteroatoms. The topological polar surface area (TPSA) is 90.5 Å². The number of esters is 1. The van der Waals surface area contributed by atoms with Crippen LogP contribution in [0.15, 0.2) is 45.6 Å². The molecule has 146 valence electrons. The number of ether oxygens (including phenoxy) is 1. The van der Waals surface area contributed by atoms with Crippen molar-refractivity contribution in [3.8, 4) is 0 Å². The van der Waals surface area contributed by atoms with E-state index in [0.717, 1.165) is 16.7 Å². The summed E-state index contributed by atoms with van der Waals surface area (Å²) in [6.07, 6.45) is -1.01. The van der Waals surface area contributed by atoms with Crippen LogP contribution in [0.5, 0.6) is 0 Å². The molecule has 0 saturated carbocycles. The molecule has 1 amide bonds. The molecule has 7 nitrogen and oxygen atoms in total. The van der Waals surface area contributed by atoms with Crippen LogP contribution in [0.1, 0.15) is 23.6 Å². The van der Waals surface area contributed by atoms with Crippen molar-refractivity contribution < 1.29 is 18.7 Å². The summed E-state index contributed by atoms with van der Waals surface area (Å²) in [7, 11) is 0. The van der Waals surface area contributed by atoms with Crippen LogP contribution in [-0.4, -0.2) is 22.5 Å². The highest BCUT2D eigenvalue weighted by molar-refractivity contribution is 5.96. The van der Waals surface area contributed by atoms with Crippen molar-refractivity contribution in [1.29, 1.82) is 0 Å². The molecular weight excluding hydrogens is 360 g/mol. The molecule has 0 unspecified atom stereocenters. The average Bonchev–Trinajstić information content (AvgIpc) is 2.93. The lowest BCUT2D eigenvalue weighted by Gasteiger charge is -2.17. The molecule has 1 atom stereocenters.